The summed E-state index contributed by atoms with van der Waals surface area (Å²) >= 11 is 0. The molecular formula is C38H58N2O4. The van der Waals surface area contributed by atoms with Gasteiger partial charge in [0.05, 0.1) is 18.8 Å². The van der Waals surface area contributed by atoms with Crippen LogP contribution in [0, 0.1) is 56.2 Å². The van der Waals surface area contributed by atoms with Crippen LogP contribution in [0.25, 0.3) is 0 Å². The van der Waals surface area contributed by atoms with Crippen molar-refractivity contribution >= 4 is 17.5 Å². The molecule has 0 aromatic carbocycles. The maximum Gasteiger partial charge on any atom is 0.222 e. The standard InChI is InChI=1S/C38H58N2O4/c1-26-23-34(4,5)14-16-38(26,13-11-32(42)40-18-20-44-21-19-40)17-15-35(6,7)37(9)12-10-30-28(3)33(43)29(25-39)24-36(30,8)31(37)22-27(2)41/h22,24,26,28,30H,10-21,23H2,1-9H3/b31-22-/t26?,28-,30-,36-,37+,38+/m0/s1. The van der Waals surface area contributed by atoms with Crippen LogP contribution in [0.5, 0.6) is 0 Å². The van der Waals surface area contributed by atoms with Gasteiger partial charge in [0.2, 0.25) is 5.91 Å². The zero-order valence-corrected chi connectivity index (χ0v) is 29.1. The topological polar surface area (TPSA) is 87.5 Å². The number of Topliss-reactive ketones (excluding diaryl/α,β-unsaturated/α-hetero) is 1. The first-order valence-corrected chi connectivity index (χ1v) is 17.2. The molecule has 1 heterocycles. The number of fused-ring (bicyclic) bond motifs is 1. The van der Waals surface area contributed by atoms with Gasteiger partial charge in [-0.05, 0) is 97.9 Å². The van der Waals surface area contributed by atoms with Gasteiger partial charge >= 0.3 is 0 Å². The molecule has 3 fully saturated rings. The van der Waals surface area contributed by atoms with Crippen molar-refractivity contribution in [1.29, 1.82) is 5.26 Å². The molecule has 244 valence electrons. The predicted octanol–water partition coefficient (Wildman–Crippen LogP) is 7.87. The Labute approximate surface area is 267 Å². The van der Waals surface area contributed by atoms with Gasteiger partial charge < -0.3 is 9.64 Å². The molecule has 44 heavy (non-hydrogen) atoms. The molecule has 0 radical (unpaired) electrons. The molecule has 6 atom stereocenters. The molecule has 0 bridgehead atoms. The van der Waals surface area contributed by atoms with E-state index in [9.17, 15) is 19.6 Å². The van der Waals surface area contributed by atoms with Crippen LogP contribution in [-0.2, 0) is 19.1 Å². The summed E-state index contributed by atoms with van der Waals surface area (Å²) in [5, 5.41) is 9.87. The molecule has 1 aliphatic heterocycles. The normalized spacial score (nSPS) is 36.8. The fraction of sp³-hybridized carbons (Fsp3) is 0.789. The lowest BCUT2D eigenvalue weighted by atomic mass is 9.44. The number of ether oxygens (including phenoxy) is 1. The van der Waals surface area contributed by atoms with Crippen LogP contribution in [0.1, 0.15) is 120 Å². The minimum Gasteiger partial charge on any atom is -0.378 e. The zero-order valence-electron chi connectivity index (χ0n) is 29.1. The van der Waals surface area contributed by atoms with E-state index in [0.29, 0.717) is 44.1 Å². The van der Waals surface area contributed by atoms with Crippen LogP contribution >= 0.6 is 0 Å². The van der Waals surface area contributed by atoms with Crippen molar-refractivity contribution in [3.8, 4) is 6.07 Å². The van der Waals surface area contributed by atoms with Gasteiger partial charge in [-0.3, -0.25) is 14.4 Å². The van der Waals surface area contributed by atoms with Crippen molar-refractivity contribution in [3.63, 3.8) is 0 Å². The summed E-state index contributed by atoms with van der Waals surface area (Å²) in [6, 6.07) is 2.18. The molecule has 6 nitrogen and oxygen atoms in total. The average molecular weight is 607 g/mol. The van der Waals surface area contributed by atoms with Crippen LogP contribution in [0.2, 0.25) is 0 Å². The Kier molecular flexibility index (Phi) is 9.83. The second-order valence-electron chi connectivity index (χ2n) is 16.8. The Hall–Kier alpha value is -2.26. The molecule has 4 rings (SSSR count). The Morgan fingerprint density at radius 2 is 1.75 bits per heavy atom. The number of nitriles is 1. The Balaban J connectivity index is 1.65. The third kappa shape index (κ3) is 6.37. The predicted molar refractivity (Wildman–Crippen MR) is 174 cm³/mol. The maximum atomic E-state index is 13.3. The second kappa shape index (κ2) is 12.5. The van der Waals surface area contributed by atoms with E-state index in [1.54, 1.807) is 6.92 Å². The van der Waals surface area contributed by atoms with E-state index in [0.717, 1.165) is 44.1 Å². The molecule has 0 N–H and O–H groups in total. The first-order chi connectivity index (χ1) is 20.4. The molecule has 0 aromatic rings. The number of ketones is 2. The van der Waals surface area contributed by atoms with Crippen molar-refractivity contribution in [1.82, 2.24) is 4.90 Å². The summed E-state index contributed by atoms with van der Waals surface area (Å²) in [6.07, 6.45) is 12.5. The first-order valence-electron chi connectivity index (χ1n) is 17.2. The number of allylic oxidation sites excluding steroid dienone is 4. The van der Waals surface area contributed by atoms with Crippen molar-refractivity contribution in [2.24, 2.45) is 44.8 Å². The van der Waals surface area contributed by atoms with Gasteiger partial charge in [0.25, 0.3) is 0 Å². The van der Waals surface area contributed by atoms with Crippen molar-refractivity contribution in [2.75, 3.05) is 26.3 Å². The van der Waals surface area contributed by atoms with Gasteiger partial charge in [-0.2, -0.15) is 5.26 Å². The molecule has 0 aromatic heterocycles. The van der Waals surface area contributed by atoms with Crippen molar-refractivity contribution < 1.29 is 19.1 Å². The fourth-order valence-corrected chi connectivity index (χ4v) is 9.75. The average Bonchev–Trinajstić information content (AvgIpc) is 2.96. The van der Waals surface area contributed by atoms with Gasteiger partial charge in [0, 0.05) is 30.8 Å². The SMILES string of the molecule is CC(=O)/C=C1/[C@@]2(C)C=C(C#N)C(=O)[C@@H](C)[C@@H]2CC[C@@]1(C)C(C)(C)CC[C@@]1(CCC(=O)N2CCOCC2)CCC(C)(C)CC1C. The first kappa shape index (κ1) is 34.6. The monoisotopic (exact) mass is 606 g/mol. The van der Waals surface area contributed by atoms with E-state index in [1.165, 1.54) is 12.8 Å². The van der Waals surface area contributed by atoms with Crippen LogP contribution < -0.4 is 0 Å². The van der Waals surface area contributed by atoms with Gasteiger partial charge in [-0.15, -0.1) is 0 Å². The number of nitrogens with zero attached hydrogens (tertiary/aromatic N) is 2. The number of amides is 1. The van der Waals surface area contributed by atoms with Gasteiger partial charge in [0.15, 0.2) is 11.6 Å². The third-order valence-electron chi connectivity index (χ3n) is 13.2. The van der Waals surface area contributed by atoms with Crippen molar-refractivity contribution in [3.05, 3.63) is 23.3 Å². The number of rotatable bonds is 8. The van der Waals surface area contributed by atoms with Gasteiger partial charge in [-0.1, -0.05) is 67.0 Å². The lowest BCUT2D eigenvalue weighted by Gasteiger charge is -2.60. The molecule has 1 amide bonds. The van der Waals surface area contributed by atoms with Gasteiger partial charge in [0.1, 0.15) is 6.07 Å². The summed E-state index contributed by atoms with van der Waals surface area (Å²) in [6.45, 7) is 22.6. The molecule has 1 unspecified atom stereocenters. The van der Waals surface area contributed by atoms with Gasteiger partial charge in [-0.25, -0.2) is 0 Å². The Morgan fingerprint density at radius 3 is 2.34 bits per heavy atom. The highest BCUT2D eigenvalue weighted by Crippen LogP contribution is 2.66. The minimum absolute atomic E-state index is 0.0154. The second-order valence-corrected chi connectivity index (χ2v) is 16.8. The summed E-state index contributed by atoms with van der Waals surface area (Å²) in [5.41, 5.74) is 0.748. The number of carbonyl (C=O) groups is 3. The number of hydrogen-bond acceptors (Lipinski definition) is 5. The van der Waals surface area contributed by atoms with E-state index in [-0.39, 0.29) is 51.1 Å². The summed E-state index contributed by atoms with van der Waals surface area (Å²) < 4.78 is 5.49. The molecule has 4 aliphatic rings. The summed E-state index contributed by atoms with van der Waals surface area (Å²) in [5.74, 6) is 0.541. The Bertz CT molecular complexity index is 1250. The lowest BCUT2D eigenvalue weighted by Crippen LogP contribution is -2.53. The molecular weight excluding hydrogens is 548 g/mol. The van der Waals surface area contributed by atoms with Crippen LogP contribution in [-0.4, -0.2) is 48.7 Å². The summed E-state index contributed by atoms with van der Waals surface area (Å²) in [7, 11) is 0. The number of hydrogen-bond donors (Lipinski definition) is 0. The highest BCUT2D eigenvalue weighted by Gasteiger charge is 2.58. The van der Waals surface area contributed by atoms with E-state index < -0.39 is 5.41 Å². The van der Waals surface area contributed by atoms with Crippen molar-refractivity contribution in [2.45, 2.75) is 120 Å². The van der Waals surface area contributed by atoms with Crippen LogP contribution in [0.3, 0.4) is 0 Å². The highest BCUT2D eigenvalue weighted by molar-refractivity contribution is 6.02. The molecule has 2 saturated carbocycles. The summed E-state index contributed by atoms with van der Waals surface area (Å²) in [4.78, 5) is 41.1. The fourth-order valence-electron chi connectivity index (χ4n) is 9.75. The molecule has 1 saturated heterocycles. The van der Waals surface area contributed by atoms with E-state index >= 15 is 0 Å². The highest BCUT2D eigenvalue weighted by atomic mass is 16.5. The molecule has 0 spiro atoms. The molecule has 3 aliphatic carbocycles. The Morgan fingerprint density at radius 1 is 1.09 bits per heavy atom. The quantitative estimate of drug-likeness (QED) is 0.262. The lowest BCUT2D eigenvalue weighted by molar-refractivity contribution is -0.136. The zero-order chi connectivity index (χ0) is 32.7. The van der Waals surface area contributed by atoms with Crippen LogP contribution in [0.15, 0.2) is 23.3 Å². The molecule has 6 heteroatoms. The van der Waals surface area contributed by atoms with E-state index in [1.807, 2.05) is 24.0 Å². The van der Waals surface area contributed by atoms with E-state index in [4.69, 9.17) is 4.74 Å². The number of carbonyl (C=O) groups excluding carboxylic acids is 3. The maximum absolute atomic E-state index is 13.3. The van der Waals surface area contributed by atoms with E-state index in [2.05, 4.69) is 54.5 Å². The van der Waals surface area contributed by atoms with Crippen LogP contribution in [0.4, 0.5) is 0 Å². The number of morpholine rings is 1. The third-order valence-corrected chi connectivity index (χ3v) is 13.2. The minimum atomic E-state index is -0.529. The smallest absolute Gasteiger partial charge is 0.222 e. The largest absolute Gasteiger partial charge is 0.378 e.